The fraction of sp³-hybridized carbons (Fsp3) is 0.444. The summed E-state index contributed by atoms with van der Waals surface area (Å²) in [6.07, 6.45) is 1.07. The SMILES string of the molecule is CCNC(c1cccc2ccccc12)C(C)CCOC. The number of methoxy groups -OCH3 is 1. The largest absolute Gasteiger partial charge is 0.385 e. The zero-order chi connectivity index (χ0) is 14.4. The summed E-state index contributed by atoms with van der Waals surface area (Å²) < 4.78 is 5.24. The Hall–Kier alpha value is -1.38. The average molecular weight is 271 g/mol. The van der Waals surface area contributed by atoms with Crippen LogP contribution in [0.3, 0.4) is 0 Å². The second kappa shape index (κ2) is 7.41. The topological polar surface area (TPSA) is 21.3 Å². The second-order valence-electron chi connectivity index (χ2n) is 5.36. The normalized spacial score (nSPS) is 14.3. The van der Waals surface area contributed by atoms with Gasteiger partial charge in [0.2, 0.25) is 0 Å². The molecular weight excluding hydrogens is 246 g/mol. The first-order valence-electron chi connectivity index (χ1n) is 7.48. The van der Waals surface area contributed by atoms with Gasteiger partial charge in [0, 0.05) is 19.8 Å². The molecule has 2 atom stereocenters. The molecule has 0 saturated carbocycles. The van der Waals surface area contributed by atoms with Gasteiger partial charge in [-0.1, -0.05) is 56.3 Å². The van der Waals surface area contributed by atoms with Crippen LogP contribution in [0.5, 0.6) is 0 Å². The van der Waals surface area contributed by atoms with Crippen LogP contribution in [0.4, 0.5) is 0 Å². The van der Waals surface area contributed by atoms with E-state index in [1.807, 2.05) is 0 Å². The molecule has 0 saturated heterocycles. The van der Waals surface area contributed by atoms with Crippen molar-refractivity contribution in [1.29, 1.82) is 0 Å². The minimum absolute atomic E-state index is 0.376. The Labute approximate surface area is 122 Å². The third-order valence-corrected chi connectivity index (χ3v) is 3.93. The van der Waals surface area contributed by atoms with E-state index in [2.05, 4.69) is 61.6 Å². The molecule has 2 heteroatoms. The standard InChI is InChI=1S/C18H25NO/c1-4-19-18(14(2)12-13-20-3)17-11-7-9-15-8-5-6-10-16(15)17/h5-11,14,18-19H,4,12-13H2,1-3H3. The maximum Gasteiger partial charge on any atom is 0.0465 e. The number of rotatable bonds is 7. The molecule has 0 amide bonds. The smallest absolute Gasteiger partial charge is 0.0465 e. The quantitative estimate of drug-likeness (QED) is 0.816. The number of ether oxygens (including phenoxy) is 1. The zero-order valence-electron chi connectivity index (χ0n) is 12.7. The predicted octanol–water partition coefficient (Wildman–Crippen LogP) is 4.16. The number of hydrogen-bond donors (Lipinski definition) is 1. The summed E-state index contributed by atoms with van der Waals surface area (Å²) in [6, 6.07) is 15.6. The van der Waals surface area contributed by atoms with Crippen molar-refractivity contribution in [3.8, 4) is 0 Å². The van der Waals surface area contributed by atoms with Crippen LogP contribution in [-0.2, 0) is 4.74 Å². The summed E-state index contributed by atoms with van der Waals surface area (Å²) in [5.41, 5.74) is 1.40. The second-order valence-corrected chi connectivity index (χ2v) is 5.36. The van der Waals surface area contributed by atoms with Crippen molar-refractivity contribution in [2.24, 2.45) is 5.92 Å². The van der Waals surface area contributed by atoms with Gasteiger partial charge in [-0.3, -0.25) is 0 Å². The van der Waals surface area contributed by atoms with Crippen LogP contribution in [-0.4, -0.2) is 20.3 Å². The molecule has 20 heavy (non-hydrogen) atoms. The van der Waals surface area contributed by atoms with Crippen LogP contribution in [0.2, 0.25) is 0 Å². The van der Waals surface area contributed by atoms with Crippen LogP contribution < -0.4 is 5.32 Å². The van der Waals surface area contributed by atoms with E-state index in [0.717, 1.165) is 19.6 Å². The van der Waals surface area contributed by atoms with Crippen LogP contribution in [0.25, 0.3) is 10.8 Å². The Kier molecular flexibility index (Phi) is 5.57. The highest BCUT2D eigenvalue weighted by molar-refractivity contribution is 5.86. The van der Waals surface area contributed by atoms with Crippen LogP contribution in [0, 0.1) is 5.92 Å². The Morgan fingerprint density at radius 3 is 2.60 bits per heavy atom. The van der Waals surface area contributed by atoms with Crippen LogP contribution >= 0.6 is 0 Å². The van der Waals surface area contributed by atoms with Crippen molar-refractivity contribution in [1.82, 2.24) is 5.32 Å². The van der Waals surface area contributed by atoms with Crippen molar-refractivity contribution in [3.63, 3.8) is 0 Å². The van der Waals surface area contributed by atoms with E-state index in [9.17, 15) is 0 Å². The molecule has 0 aliphatic heterocycles. The van der Waals surface area contributed by atoms with E-state index in [1.165, 1.54) is 16.3 Å². The highest BCUT2D eigenvalue weighted by Gasteiger charge is 2.19. The number of hydrogen-bond acceptors (Lipinski definition) is 2. The Bertz CT molecular complexity index is 532. The highest BCUT2D eigenvalue weighted by atomic mass is 16.5. The molecule has 0 heterocycles. The van der Waals surface area contributed by atoms with Gasteiger partial charge < -0.3 is 10.1 Å². The molecule has 2 aromatic carbocycles. The molecule has 0 aromatic heterocycles. The minimum atomic E-state index is 0.376. The zero-order valence-corrected chi connectivity index (χ0v) is 12.7. The molecule has 2 aromatic rings. The molecule has 0 spiro atoms. The fourth-order valence-electron chi connectivity index (χ4n) is 2.83. The molecule has 2 unspecified atom stereocenters. The molecule has 108 valence electrons. The maximum atomic E-state index is 5.24. The predicted molar refractivity (Wildman–Crippen MR) is 86.0 cm³/mol. The van der Waals surface area contributed by atoms with E-state index in [4.69, 9.17) is 4.74 Å². The number of fused-ring (bicyclic) bond motifs is 1. The first kappa shape index (κ1) is 15.0. The maximum absolute atomic E-state index is 5.24. The number of nitrogens with one attached hydrogen (secondary N) is 1. The first-order valence-corrected chi connectivity index (χ1v) is 7.48. The van der Waals surface area contributed by atoms with Crippen LogP contribution in [0.15, 0.2) is 42.5 Å². The van der Waals surface area contributed by atoms with Gasteiger partial charge in [-0.2, -0.15) is 0 Å². The van der Waals surface area contributed by atoms with Crippen molar-refractivity contribution < 1.29 is 4.74 Å². The van der Waals surface area contributed by atoms with Gasteiger partial charge >= 0.3 is 0 Å². The van der Waals surface area contributed by atoms with Crippen LogP contribution in [0.1, 0.15) is 31.9 Å². The van der Waals surface area contributed by atoms with Gasteiger partial charge in [0.25, 0.3) is 0 Å². The summed E-state index contributed by atoms with van der Waals surface area (Å²) >= 11 is 0. The Morgan fingerprint density at radius 1 is 1.10 bits per heavy atom. The van der Waals surface area contributed by atoms with E-state index in [0.29, 0.717) is 12.0 Å². The van der Waals surface area contributed by atoms with Gasteiger partial charge in [0.15, 0.2) is 0 Å². The lowest BCUT2D eigenvalue weighted by Crippen LogP contribution is -2.27. The lowest BCUT2D eigenvalue weighted by Gasteiger charge is -2.26. The molecule has 0 aliphatic rings. The molecule has 0 fully saturated rings. The third-order valence-electron chi connectivity index (χ3n) is 3.93. The van der Waals surface area contributed by atoms with Crippen molar-refractivity contribution in [3.05, 3.63) is 48.0 Å². The molecule has 1 N–H and O–H groups in total. The summed E-state index contributed by atoms with van der Waals surface area (Å²) in [5, 5.41) is 6.31. The first-order chi connectivity index (χ1) is 9.77. The lowest BCUT2D eigenvalue weighted by atomic mass is 9.89. The average Bonchev–Trinajstić information content (AvgIpc) is 2.50. The van der Waals surface area contributed by atoms with E-state index < -0.39 is 0 Å². The Morgan fingerprint density at radius 2 is 1.85 bits per heavy atom. The monoisotopic (exact) mass is 271 g/mol. The minimum Gasteiger partial charge on any atom is -0.385 e. The number of benzene rings is 2. The van der Waals surface area contributed by atoms with E-state index >= 15 is 0 Å². The lowest BCUT2D eigenvalue weighted by molar-refractivity contribution is 0.170. The summed E-state index contributed by atoms with van der Waals surface area (Å²) in [4.78, 5) is 0. The van der Waals surface area contributed by atoms with Crippen molar-refractivity contribution in [2.75, 3.05) is 20.3 Å². The van der Waals surface area contributed by atoms with Gasteiger partial charge in [-0.05, 0) is 35.2 Å². The molecule has 0 radical (unpaired) electrons. The van der Waals surface area contributed by atoms with Crippen molar-refractivity contribution >= 4 is 10.8 Å². The molecule has 0 aliphatic carbocycles. The molecule has 2 rings (SSSR count). The van der Waals surface area contributed by atoms with Gasteiger partial charge in [0.1, 0.15) is 0 Å². The van der Waals surface area contributed by atoms with Crippen molar-refractivity contribution in [2.45, 2.75) is 26.3 Å². The van der Waals surface area contributed by atoms with Gasteiger partial charge in [-0.15, -0.1) is 0 Å². The van der Waals surface area contributed by atoms with E-state index in [-0.39, 0.29) is 0 Å². The Balaban J connectivity index is 2.35. The molecular formula is C18H25NO. The highest BCUT2D eigenvalue weighted by Crippen LogP contribution is 2.30. The van der Waals surface area contributed by atoms with E-state index in [1.54, 1.807) is 7.11 Å². The molecule has 0 bridgehead atoms. The summed E-state index contributed by atoms with van der Waals surface area (Å²) in [7, 11) is 1.77. The third kappa shape index (κ3) is 3.38. The summed E-state index contributed by atoms with van der Waals surface area (Å²) in [5.74, 6) is 0.542. The fourth-order valence-corrected chi connectivity index (χ4v) is 2.83. The summed E-state index contributed by atoms with van der Waals surface area (Å²) in [6.45, 7) is 6.26. The van der Waals surface area contributed by atoms with Gasteiger partial charge in [-0.25, -0.2) is 0 Å². The molecule has 2 nitrogen and oxygen atoms in total. The van der Waals surface area contributed by atoms with Gasteiger partial charge in [0.05, 0.1) is 0 Å².